The van der Waals surface area contributed by atoms with Crippen LogP contribution in [0.3, 0.4) is 0 Å². The summed E-state index contributed by atoms with van der Waals surface area (Å²) in [6.07, 6.45) is 5.33. The van der Waals surface area contributed by atoms with E-state index in [1.54, 1.807) is 7.11 Å². The number of hydrogen-bond acceptors (Lipinski definition) is 3. The van der Waals surface area contributed by atoms with Crippen molar-refractivity contribution < 1.29 is 9.53 Å². The average molecular weight is 286 g/mol. The maximum absolute atomic E-state index is 12.5. The van der Waals surface area contributed by atoms with Gasteiger partial charge in [0.25, 0.3) is 0 Å². The number of methoxy groups -OCH3 is 1. The third-order valence-electron chi connectivity index (χ3n) is 4.80. The quantitative estimate of drug-likeness (QED) is 0.832. The van der Waals surface area contributed by atoms with Crippen molar-refractivity contribution in [1.82, 2.24) is 5.32 Å². The Balaban J connectivity index is 1.65. The largest absolute Gasteiger partial charge is 0.497 e. The van der Waals surface area contributed by atoms with Crippen LogP contribution in [0.2, 0.25) is 0 Å². The van der Waals surface area contributed by atoms with Crippen LogP contribution < -0.4 is 15.8 Å². The van der Waals surface area contributed by atoms with E-state index >= 15 is 0 Å². The molecular formula is C17H22N2O2. The van der Waals surface area contributed by atoms with Crippen molar-refractivity contribution in [2.24, 2.45) is 23.5 Å². The van der Waals surface area contributed by atoms with Crippen LogP contribution in [0.25, 0.3) is 0 Å². The summed E-state index contributed by atoms with van der Waals surface area (Å²) in [6, 6.07) is 7.70. The lowest BCUT2D eigenvalue weighted by Gasteiger charge is -2.25. The molecule has 3 rings (SSSR count). The third kappa shape index (κ3) is 2.56. The highest BCUT2D eigenvalue weighted by atomic mass is 16.5. The van der Waals surface area contributed by atoms with E-state index in [0.29, 0.717) is 11.8 Å². The molecule has 0 saturated heterocycles. The molecule has 21 heavy (non-hydrogen) atoms. The maximum atomic E-state index is 12.5. The summed E-state index contributed by atoms with van der Waals surface area (Å²) >= 11 is 0. The second kappa shape index (κ2) is 5.53. The molecule has 0 unspecified atom stereocenters. The van der Waals surface area contributed by atoms with Crippen molar-refractivity contribution >= 4 is 5.91 Å². The molecule has 4 heteroatoms. The van der Waals surface area contributed by atoms with Crippen molar-refractivity contribution in [3.05, 3.63) is 42.0 Å². The summed E-state index contributed by atoms with van der Waals surface area (Å²) in [6.45, 7) is 1.99. The van der Waals surface area contributed by atoms with Gasteiger partial charge in [-0.1, -0.05) is 24.3 Å². The first-order valence-electron chi connectivity index (χ1n) is 7.48. The van der Waals surface area contributed by atoms with Gasteiger partial charge in [0.1, 0.15) is 5.75 Å². The lowest BCUT2D eigenvalue weighted by molar-refractivity contribution is -0.126. The van der Waals surface area contributed by atoms with E-state index in [0.717, 1.165) is 17.7 Å². The van der Waals surface area contributed by atoms with Gasteiger partial charge < -0.3 is 15.8 Å². The Morgan fingerprint density at radius 3 is 2.52 bits per heavy atom. The number of carbonyl (C=O) groups is 1. The number of nitrogens with two attached hydrogens (primary N) is 1. The predicted octanol–water partition coefficient (Wildman–Crippen LogP) is 2.02. The summed E-state index contributed by atoms with van der Waals surface area (Å²) in [5.74, 6) is 1.50. The van der Waals surface area contributed by atoms with E-state index in [9.17, 15) is 4.79 Å². The van der Waals surface area contributed by atoms with E-state index in [2.05, 4.69) is 17.5 Å². The highest BCUT2D eigenvalue weighted by Crippen LogP contribution is 2.42. The zero-order chi connectivity index (χ0) is 15.0. The second-order valence-corrected chi connectivity index (χ2v) is 6.05. The monoisotopic (exact) mass is 286 g/mol. The van der Waals surface area contributed by atoms with E-state index < -0.39 is 0 Å². The molecule has 3 N–H and O–H groups in total. The van der Waals surface area contributed by atoms with Crippen LogP contribution >= 0.6 is 0 Å². The molecule has 0 heterocycles. The first-order valence-corrected chi connectivity index (χ1v) is 7.48. The molecule has 2 aliphatic carbocycles. The van der Waals surface area contributed by atoms with Gasteiger partial charge in [0, 0.05) is 6.04 Å². The molecule has 112 valence electrons. The summed E-state index contributed by atoms with van der Waals surface area (Å²) in [5.41, 5.74) is 7.25. The Morgan fingerprint density at radius 1 is 1.29 bits per heavy atom. The van der Waals surface area contributed by atoms with Gasteiger partial charge in [-0.3, -0.25) is 4.79 Å². The number of fused-ring (bicyclic) bond motifs is 2. The maximum Gasteiger partial charge on any atom is 0.225 e. The summed E-state index contributed by atoms with van der Waals surface area (Å²) in [4.78, 5) is 12.5. The number of benzene rings is 1. The fraction of sp³-hybridized carbons (Fsp3) is 0.471. The van der Waals surface area contributed by atoms with Crippen LogP contribution in [0.15, 0.2) is 36.4 Å². The molecule has 1 aromatic rings. The Kier molecular flexibility index (Phi) is 3.72. The van der Waals surface area contributed by atoms with Crippen LogP contribution in [0.5, 0.6) is 5.75 Å². The van der Waals surface area contributed by atoms with Crippen molar-refractivity contribution in [3.63, 3.8) is 0 Å². The van der Waals surface area contributed by atoms with Crippen molar-refractivity contribution in [3.8, 4) is 5.75 Å². The average Bonchev–Trinajstić information content (AvgIpc) is 3.08. The van der Waals surface area contributed by atoms with E-state index in [4.69, 9.17) is 10.5 Å². The number of amides is 1. The minimum absolute atomic E-state index is 0.0290. The number of nitrogens with one attached hydrogen (secondary N) is 1. The fourth-order valence-corrected chi connectivity index (χ4v) is 3.52. The minimum Gasteiger partial charge on any atom is -0.497 e. The van der Waals surface area contributed by atoms with Gasteiger partial charge in [0.2, 0.25) is 5.91 Å². The van der Waals surface area contributed by atoms with Gasteiger partial charge in [-0.05, 0) is 42.9 Å². The molecule has 0 aromatic heterocycles. The normalized spacial score (nSPS) is 31.2. The predicted molar refractivity (Wildman–Crippen MR) is 81.8 cm³/mol. The smallest absolute Gasteiger partial charge is 0.225 e. The molecule has 1 saturated carbocycles. The topological polar surface area (TPSA) is 64.3 Å². The van der Waals surface area contributed by atoms with Crippen LogP contribution in [0, 0.1) is 17.8 Å². The van der Waals surface area contributed by atoms with Gasteiger partial charge in [-0.2, -0.15) is 0 Å². The van der Waals surface area contributed by atoms with E-state index in [1.165, 1.54) is 0 Å². The van der Waals surface area contributed by atoms with Gasteiger partial charge in [-0.25, -0.2) is 0 Å². The molecule has 5 atom stereocenters. The van der Waals surface area contributed by atoms with Gasteiger partial charge >= 0.3 is 0 Å². The van der Waals surface area contributed by atoms with Crippen LogP contribution in [0.1, 0.15) is 24.9 Å². The second-order valence-electron chi connectivity index (χ2n) is 6.05. The Bertz CT molecular complexity index is 552. The SMILES string of the molecule is COc1ccc([C@@H](C)NC(=O)[C@H]2[C@@H](N)[C@@H]3C=C[C@H]2C3)cc1. The van der Waals surface area contributed by atoms with Gasteiger partial charge in [-0.15, -0.1) is 0 Å². The number of hydrogen-bond donors (Lipinski definition) is 2. The number of carbonyl (C=O) groups excluding carboxylic acids is 1. The Morgan fingerprint density at radius 2 is 1.95 bits per heavy atom. The van der Waals surface area contributed by atoms with Crippen molar-refractivity contribution in [1.29, 1.82) is 0 Å². The van der Waals surface area contributed by atoms with Crippen molar-refractivity contribution in [2.45, 2.75) is 25.4 Å². The molecule has 0 radical (unpaired) electrons. The van der Waals surface area contributed by atoms with Gasteiger partial charge in [0.15, 0.2) is 0 Å². The zero-order valence-corrected chi connectivity index (χ0v) is 12.5. The van der Waals surface area contributed by atoms with Crippen LogP contribution in [0.4, 0.5) is 0 Å². The summed E-state index contributed by atoms with van der Waals surface area (Å²) < 4.78 is 5.15. The molecule has 1 fully saturated rings. The molecule has 2 aliphatic rings. The Labute approximate surface area is 125 Å². The zero-order valence-electron chi connectivity index (χ0n) is 12.5. The fourth-order valence-electron chi connectivity index (χ4n) is 3.52. The van der Waals surface area contributed by atoms with Gasteiger partial charge in [0.05, 0.1) is 19.1 Å². The molecular weight excluding hydrogens is 264 g/mol. The summed E-state index contributed by atoms with van der Waals surface area (Å²) in [7, 11) is 1.64. The lowest BCUT2D eigenvalue weighted by atomic mass is 9.88. The minimum atomic E-state index is -0.0827. The first-order chi connectivity index (χ1) is 10.1. The molecule has 1 amide bonds. The standard InChI is InChI=1S/C17H22N2O2/c1-10(11-5-7-14(21-2)8-6-11)19-17(20)15-12-3-4-13(9-12)16(15)18/h3-8,10,12-13,15-16H,9,18H2,1-2H3,(H,19,20)/t10-,12+,13-,15-,16+/m1/s1. The van der Waals surface area contributed by atoms with Crippen molar-refractivity contribution in [2.75, 3.05) is 7.11 Å². The summed E-state index contributed by atoms with van der Waals surface area (Å²) in [5, 5.41) is 3.10. The molecule has 2 bridgehead atoms. The number of ether oxygens (including phenoxy) is 1. The van der Waals surface area contributed by atoms with Crippen LogP contribution in [-0.4, -0.2) is 19.1 Å². The molecule has 1 aromatic carbocycles. The number of rotatable bonds is 4. The van der Waals surface area contributed by atoms with Crippen LogP contribution in [-0.2, 0) is 4.79 Å². The molecule has 0 aliphatic heterocycles. The van der Waals surface area contributed by atoms with E-state index in [-0.39, 0.29) is 23.9 Å². The highest BCUT2D eigenvalue weighted by Gasteiger charge is 2.46. The number of allylic oxidation sites excluding steroid dienone is 1. The molecule has 4 nitrogen and oxygen atoms in total. The third-order valence-corrected chi connectivity index (χ3v) is 4.80. The first kappa shape index (κ1) is 14.1. The molecule has 0 spiro atoms. The lowest BCUT2D eigenvalue weighted by Crippen LogP contribution is -2.44. The van der Waals surface area contributed by atoms with E-state index in [1.807, 2.05) is 31.2 Å². The highest BCUT2D eigenvalue weighted by molar-refractivity contribution is 5.81. The Hall–Kier alpha value is -1.81.